The fourth-order valence-electron chi connectivity index (χ4n) is 1.01. The Labute approximate surface area is 86.2 Å². The van der Waals surface area contributed by atoms with E-state index in [4.69, 9.17) is 6.42 Å². The van der Waals surface area contributed by atoms with Gasteiger partial charge in [-0.3, -0.25) is 0 Å². The Balaban J connectivity index is 2.15. The Morgan fingerprint density at radius 2 is 2.13 bits per heavy atom. The highest BCUT2D eigenvalue weighted by atomic mass is 15.3. The van der Waals surface area contributed by atoms with Gasteiger partial charge in [0.1, 0.15) is 0 Å². The summed E-state index contributed by atoms with van der Waals surface area (Å²) in [5, 5.41) is 18.2. The van der Waals surface area contributed by atoms with Crippen LogP contribution >= 0.6 is 0 Å². The number of nitrogens with zero attached hydrogens (tertiary/aromatic N) is 4. The van der Waals surface area contributed by atoms with Crippen LogP contribution in [0.3, 0.4) is 0 Å². The van der Waals surface area contributed by atoms with Crippen molar-refractivity contribution in [2.24, 2.45) is 0 Å². The van der Waals surface area contributed by atoms with Crippen molar-refractivity contribution in [2.45, 2.75) is 0 Å². The molecule has 2 N–H and O–H groups in total. The third-order valence-corrected chi connectivity index (χ3v) is 1.67. The van der Waals surface area contributed by atoms with Gasteiger partial charge in [-0.1, -0.05) is 5.92 Å². The molecular formula is C9H8N6. The average Bonchev–Trinajstić information content (AvgIpc) is 2.80. The molecule has 0 aromatic carbocycles. The number of nitrogens with one attached hydrogen (secondary N) is 2. The molecule has 0 atom stereocenters. The highest BCUT2D eigenvalue weighted by Crippen LogP contribution is 2.08. The van der Waals surface area contributed by atoms with E-state index >= 15 is 0 Å². The van der Waals surface area contributed by atoms with Crippen LogP contribution < -0.4 is 5.32 Å². The van der Waals surface area contributed by atoms with Crippen molar-refractivity contribution in [3.05, 3.63) is 18.3 Å². The molecule has 0 bridgehead atoms. The molecule has 0 saturated carbocycles. The molecule has 0 unspecified atom stereocenters. The first-order valence-electron chi connectivity index (χ1n) is 4.28. The highest BCUT2D eigenvalue weighted by Gasteiger charge is 2.03. The molecule has 2 heterocycles. The van der Waals surface area contributed by atoms with Crippen LogP contribution in [0.5, 0.6) is 0 Å². The molecule has 0 aliphatic heterocycles. The van der Waals surface area contributed by atoms with Crippen LogP contribution in [0.4, 0.5) is 5.95 Å². The molecule has 0 radical (unpaired) electrons. The molecule has 2 aromatic heterocycles. The van der Waals surface area contributed by atoms with Gasteiger partial charge in [-0.25, -0.2) is 0 Å². The largest absolute Gasteiger partial charge is 0.359 e. The fraction of sp³-hybridized carbons (Fsp3) is 0.111. The number of hydrogen-bond acceptors (Lipinski definition) is 5. The first-order chi connectivity index (χ1) is 7.40. The smallest absolute Gasteiger partial charge is 0.262 e. The molecule has 0 aliphatic carbocycles. The van der Waals surface area contributed by atoms with Crippen LogP contribution in [-0.4, -0.2) is 31.9 Å². The van der Waals surface area contributed by atoms with E-state index in [9.17, 15) is 0 Å². The van der Waals surface area contributed by atoms with Crippen molar-refractivity contribution in [2.75, 3.05) is 11.9 Å². The standard InChI is InChI=1S/C9H8N6/c1-2-5-11-9-14-12-8(13-15-9)7-4-3-6-10-7/h1,3-4,6,10H,5H2,(H,11,14,15). The second kappa shape index (κ2) is 4.19. The summed E-state index contributed by atoms with van der Waals surface area (Å²) in [6.07, 6.45) is 6.85. The van der Waals surface area contributed by atoms with E-state index in [1.165, 1.54) is 0 Å². The van der Waals surface area contributed by atoms with E-state index in [1.54, 1.807) is 6.20 Å². The van der Waals surface area contributed by atoms with Gasteiger partial charge in [0.2, 0.25) is 5.82 Å². The number of rotatable bonds is 3. The van der Waals surface area contributed by atoms with E-state index in [0.29, 0.717) is 18.3 Å². The third-order valence-electron chi connectivity index (χ3n) is 1.67. The molecule has 0 spiro atoms. The van der Waals surface area contributed by atoms with Crippen LogP contribution in [0.2, 0.25) is 0 Å². The lowest BCUT2D eigenvalue weighted by Crippen LogP contribution is -2.06. The van der Waals surface area contributed by atoms with Crippen molar-refractivity contribution >= 4 is 5.95 Å². The van der Waals surface area contributed by atoms with Gasteiger partial charge in [-0.05, 0) is 12.1 Å². The van der Waals surface area contributed by atoms with Crippen molar-refractivity contribution in [3.63, 3.8) is 0 Å². The summed E-state index contributed by atoms with van der Waals surface area (Å²) < 4.78 is 0. The zero-order chi connectivity index (χ0) is 10.5. The Morgan fingerprint density at radius 1 is 1.33 bits per heavy atom. The Bertz CT molecular complexity index is 452. The number of H-pyrrole nitrogens is 1. The lowest BCUT2D eigenvalue weighted by atomic mass is 10.4. The molecule has 0 saturated heterocycles. The minimum atomic E-state index is 0.322. The van der Waals surface area contributed by atoms with Crippen LogP contribution in [0, 0.1) is 12.3 Å². The number of aromatic nitrogens is 5. The summed E-state index contributed by atoms with van der Waals surface area (Å²) >= 11 is 0. The quantitative estimate of drug-likeness (QED) is 0.697. The minimum absolute atomic E-state index is 0.322. The summed E-state index contributed by atoms with van der Waals surface area (Å²) in [5.41, 5.74) is 0.776. The van der Waals surface area contributed by atoms with Gasteiger partial charge in [-0.2, -0.15) is 0 Å². The first-order valence-corrected chi connectivity index (χ1v) is 4.28. The predicted molar refractivity (Wildman–Crippen MR) is 54.7 cm³/mol. The first kappa shape index (κ1) is 9.15. The average molecular weight is 200 g/mol. The molecule has 15 heavy (non-hydrogen) atoms. The lowest BCUT2D eigenvalue weighted by molar-refractivity contribution is 0.864. The number of aromatic amines is 1. The monoisotopic (exact) mass is 200 g/mol. The van der Waals surface area contributed by atoms with E-state index < -0.39 is 0 Å². The van der Waals surface area contributed by atoms with Crippen molar-refractivity contribution in [1.82, 2.24) is 25.4 Å². The summed E-state index contributed by atoms with van der Waals surface area (Å²) in [4.78, 5) is 2.96. The SMILES string of the molecule is C#CCNc1nnc(-c2ccc[nH]2)nn1. The van der Waals surface area contributed by atoms with E-state index in [0.717, 1.165) is 5.69 Å². The number of terminal acetylenes is 1. The third kappa shape index (κ3) is 2.08. The van der Waals surface area contributed by atoms with E-state index in [2.05, 4.69) is 36.6 Å². The topological polar surface area (TPSA) is 79.4 Å². The second-order valence-corrected chi connectivity index (χ2v) is 2.69. The zero-order valence-electron chi connectivity index (χ0n) is 7.81. The van der Waals surface area contributed by atoms with Crippen LogP contribution in [0.15, 0.2) is 18.3 Å². The van der Waals surface area contributed by atoms with Gasteiger partial charge in [0.05, 0.1) is 12.2 Å². The predicted octanol–water partition coefficient (Wildman–Crippen LogP) is 0.307. The van der Waals surface area contributed by atoms with E-state index in [1.807, 2.05) is 12.1 Å². The van der Waals surface area contributed by atoms with Crippen LogP contribution in [0.1, 0.15) is 0 Å². The molecule has 0 aliphatic rings. The van der Waals surface area contributed by atoms with Gasteiger partial charge in [-0.15, -0.1) is 26.8 Å². The van der Waals surface area contributed by atoms with Gasteiger partial charge in [0.25, 0.3) is 5.95 Å². The fourth-order valence-corrected chi connectivity index (χ4v) is 1.01. The Kier molecular flexibility index (Phi) is 2.56. The minimum Gasteiger partial charge on any atom is -0.359 e. The molecule has 0 fully saturated rings. The second-order valence-electron chi connectivity index (χ2n) is 2.69. The van der Waals surface area contributed by atoms with E-state index in [-0.39, 0.29) is 0 Å². The number of anilines is 1. The van der Waals surface area contributed by atoms with Crippen LogP contribution in [0.25, 0.3) is 11.5 Å². The lowest BCUT2D eigenvalue weighted by Gasteiger charge is -1.98. The van der Waals surface area contributed by atoms with Gasteiger partial charge < -0.3 is 10.3 Å². The van der Waals surface area contributed by atoms with Gasteiger partial charge >= 0.3 is 0 Å². The van der Waals surface area contributed by atoms with Crippen molar-refractivity contribution in [1.29, 1.82) is 0 Å². The summed E-state index contributed by atoms with van der Waals surface area (Å²) in [5.74, 6) is 3.18. The molecule has 2 aromatic rings. The normalized spacial score (nSPS) is 9.53. The van der Waals surface area contributed by atoms with Crippen LogP contribution in [-0.2, 0) is 0 Å². The zero-order valence-corrected chi connectivity index (χ0v) is 7.81. The highest BCUT2D eigenvalue weighted by molar-refractivity contribution is 5.47. The Morgan fingerprint density at radius 3 is 2.73 bits per heavy atom. The molecule has 6 heteroatoms. The molecule has 2 rings (SSSR count). The van der Waals surface area contributed by atoms with Crippen molar-refractivity contribution in [3.8, 4) is 23.9 Å². The maximum Gasteiger partial charge on any atom is 0.262 e. The summed E-state index contributed by atoms with van der Waals surface area (Å²) in [7, 11) is 0. The maximum absolute atomic E-state index is 5.07. The summed E-state index contributed by atoms with van der Waals surface area (Å²) in [6.45, 7) is 0.352. The Hall–Kier alpha value is -2.42. The van der Waals surface area contributed by atoms with Gasteiger partial charge in [0, 0.05) is 6.20 Å². The number of hydrogen-bond donors (Lipinski definition) is 2. The molecule has 6 nitrogen and oxygen atoms in total. The molecular weight excluding hydrogens is 192 g/mol. The van der Waals surface area contributed by atoms with Gasteiger partial charge in [0.15, 0.2) is 0 Å². The molecule has 0 amide bonds. The summed E-state index contributed by atoms with van der Waals surface area (Å²) in [6, 6.07) is 3.69. The maximum atomic E-state index is 5.07. The molecule has 74 valence electrons. The van der Waals surface area contributed by atoms with Crippen molar-refractivity contribution < 1.29 is 0 Å².